The van der Waals surface area contributed by atoms with Crippen molar-refractivity contribution in [3.63, 3.8) is 0 Å². The molecule has 1 aliphatic rings. The Morgan fingerprint density at radius 3 is 2.42 bits per heavy atom. The van der Waals surface area contributed by atoms with Crippen molar-refractivity contribution < 1.29 is 14.3 Å². The molecule has 0 radical (unpaired) electrons. The van der Waals surface area contributed by atoms with Crippen LogP contribution in [0.1, 0.15) is 20.8 Å². The lowest BCUT2D eigenvalue weighted by Gasteiger charge is -2.15. The van der Waals surface area contributed by atoms with Crippen molar-refractivity contribution in [1.29, 1.82) is 0 Å². The van der Waals surface area contributed by atoms with Gasteiger partial charge in [0.25, 0.3) is 0 Å². The Kier molecular flexibility index (Phi) is 2.35. The van der Waals surface area contributed by atoms with E-state index in [-0.39, 0.29) is 11.9 Å². The van der Waals surface area contributed by atoms with E-state index in [0.717, 1.165) is 0 Å². The summed E-state index contributed by atoms with van der Waals surface area (Å²) in [7, 11) is 0. The summed E-state index contributed by atoms with van der Waals surface area (Å²) in [6.07, 6.45) is 0.802. The molecule has 0 spiro atoms. The van der Waals surface area contributed by atoms with Gasteiger partial charge in [0.2, 0.25) is 0 Å². The fourth-order valence-electron chi connectivity index (χ4n) is 1.28. The molecule has 0 saturated carbocycles. The second-order valence-corrected chi connectivity index (χ2v) is 3.37. The highest BCUT2D eigenvalue weighted by Gasteiger charge is 2.41. The van der Waals surface area contributed by atoms with Crippen molar-refractivity contribution in [2.24, 2.45) is 0 Å². The minimum atomic E-state index is -0.671. The van der Waals surface area contributed by atoms with Gasteiger partial charge in [-0.2, -0.15) is 0 Å². The second kappa shape index (κ2) is 2.99. The molecule has 0 aromatic carbocycles. The molecular formula is C9H14O3. The lowest BCUT2D eigenvalue weighted by Crippen LogP contribution is -2.28. The second-order valence-electron chi connectivity index (χ2n) is 3.37. The first-order valence-electron chi connectivity index (χ1n) is 3.95. The zero-order chi connectivity index (χ0) is 9.35. The Balaban J connectivity index is 2.76. The zero-order valence-corrected chi connectivity index (χ0v) is 7.66. The quantitative estimate of drug-likeness (QED) is 0.586. The molecule has 0 aliphatic carbocycles. The summed E-state index contributed by atoms with van der Waals surface area (Å²) < 4.78 is 10.8. The average molecular weight is 170 g/mol. The van der Waals surface area contributed by atoms with Gasteiger partial charge in [-0.1, -0.05) is 6.08 Å². The highest BCUT2D eigenvalue weighted by atomic mass is 16.8. The maximum absolute atomic E-state index is 11.1. The highest BCUT2D eigenvalue weighted by Crippen LogP contribution is 2.28. The fraction of sp³-hybridized carbons (Fsp3) is 0.667. The molecule has 0 amide bonds. The van der Waals surface area contributed by atoms with Crippen molar-refractivity contribution >= 4 is 5.78 Å². The molecule has 2 unspecified atom stereocenters. The molecule has 68 valence electrons. The Hall–Kier alpha value is -0.670. The molecule has 1 aliphatic heterocycles. The molecule has 0 aromatic rings. The van der Waals surface area contributed by atoms with E-state index in [9.17, 15) is 4.79 Å². The third-order valence-corrected chi connectivity index (χ3v) is 1.76. The number of rotatable bonds is 2. The van der Waals surface area contributed by atoms with E-state index in [1.54, 1.807) is 19.9 Å². The lowest BCUT2D eigenvalue weighted by molar-refractivity contribution is -0.152. The Morgan fingerprint density at radius 2 is 2.08 bits per heavy atom. The van der Waals surface area contributed by atoms with Gasteiger partial charge in [0.15, 0.2) is 11.6 Å². The van der Waals surface area contributed by atoms with Crippen LogP contribution in [-0.2, 0) is 14.3 Å². The minimum Gasteiger partial charge on any atom is -0.340 e. The van der Waals surface area contributed by atoms with E-state index in [1.807, 2.05) is 0 Å². The first-order chi connectivity index (χ1) is 5.46. The summed E-state index contributed by atoms with van der Waals surface area (Å²) in [6.45, 7) is 8.64. The standard InChI is InChI=1S/C9H14O3/c1-5-7-8(6(2)10)12-9(3,4)11-7/h5,7-8H,1H2,2-4H3. The van der Waals surface area contributed by atoms with Crippen LogP contribution >= 0.6 is 0 Å². The van der Waals surface area contributed by atoms with Crippen molar-refractivity contribution in [3.05, 3.63) is 12.7 Å². The third kappa shape index (κ3) is 1.73. The van der Waals surface area contributed by atoms with Gasteiger partial charge in [-0.3, -0.25) is 4.79 Å². The molecule has 3 nitrogen and oxygen atoms in total. The number of carbonyl (C=O) groups excluding carboxylic acids is 1. The first-order valence-corrected chi connectivity index (χ1v) is 3.95. The maximum atomic E-state index is 11.1. The number of ether oxygens (including phenoxy) is 2. The minimum absolute atomic E-state index is 0.0227. The fourth-order valence-corrected chi connectivity index (χ4v) is 1.28. The molecule has 1 rings (SSSR count). The van der Waals surface area contributed by atoms with Crippen molar-refractivity contribution in [1.82, 2.24) is 0 Å². The topological polar surface area (TPSA) is 35.5 Å². The van der Waals surface area contributed by atoms with E-state index >= 15 is 0 Å². The van der Waals surface area contributed by atoms with Crippen LogP contribution in [0.2, 0.25) is 0 Å². The summed E-state index contributed by atoms with van der Waals surface area (Å²) in [5.41, 5.74) is 0. The van der Waals surface area contributed by atoms with Gasteiger partial charge in [0, 0.05) is 0 Å². The van der Waals surface area contributed by atoms with E-state index < -0.39 is 11.9 Å². The summed E-state index contributed by atoms with van der Waals surface area (Å²) in [4.78, 5) is 11.1. The normalized spacial score (nSPS) is 33.2. The Bertz CT molecular complexity index is 208. The van der Waals surface area contributed by atoms with Gasteiger partial charge < -0.3 is 9.47 Å². The highest BCUT2D eigenvalue weighted by molar-refractivity contribution is 5.81. The average Bonchev–Trinajstić information content (AvgIpc) is 2.25. The molecular weight excluding hydrogens is 156 g/mol. The van der Waals surface area contributed by atoms with Crippen molar-refractivity contribution in [2.75, 3.05) is 0 Å². The van der Waals surface area contributed by atoms with Crippen LogP contribution in [0.4, 0.5) is 0 Å². The first kappa shape index (κ1) is 9.42. The smallest absolute Gasteiger partial charge is 0.164 e. The summed E-state index contributed by atoms with van der Waals surface area (Å²) >= 11 is 0. The molecule has 0 N–H and O–H groups in total. The van der Waals surface area contributed by atoms with Gasteiger partial charge in [-0.05, 0) is 20.8 Å². The molecule has 3 heteroatoms. The maximum Gasteiger partial charge on any atom is 0.164 e. The molecule has 2 atom stereocenters. The molecule has 0 bridgehead atoms. The number of hydrogen-bond donors (Lipinski definition) is 0. The zero-order valence-electron chi connectivity index (χ0n) is 7.66. The molecule has 0 aromatic heterocycles. The predicted octanol–water partition coefficient (Wildman–Crippen LogP) is 1.28. The van der Waals surface area contributed by atoms with E-state index in [4.69, 9.17) is 9.47 Å². The summed E-state index contributed by atoms with van der Waals surface area (Å²) in [5, 5.41) is 0. The Labute approximate surface area is 72.4 Å². The van der Waals surface area contributed by atoms with E-state index in [0.29, 0.717) is 0 Å². The third-order valence-electron chi connectivity index (χ3n) is 1.76. The van der Waals surface area contributed by atoms with E-state index in [2.05, 4.69) is 6.58 Å². The van der Waals surface area contributed by atoms with Crippen LogP contribution in [0.5, 0.6) is 0 Å². The van der Waals surface area contributed by atoms with Crippen LogP contribution in [-0.4, -0.2) is 23.8 Å². The van der Waals surface area contributed by atoms with Crippen LogP contribution in [0.25, 0.3) is 0 Å². The molecule has 1 saturated heterocycles. The lowest BCUT2D eigenvalue weighted by atomic mass is 10.1. The van der Waals surface area contributed by atoms with Gasteiger partial charge >= 0.3 is 0 Å². The van der Waals surface area contributed by atoms with Gasteiger partial charge in [0.1, 0.15) is 12.2 Å². The SMILES string of the molecule is C=CC1OC(C)(C)OC1C(C)=O. The van der Waals surface area contributed by atoms with Crippen LogP contribution in [0.15, 0.2) is 12.7 Å². The molecule has 1 heterocycles. The van der Waals surface area contributed by atoms with Crippen molar-refractivity contribution in [3.8, 4) is 0 Å². The van der Waals surface area contributed by atoms with E-state index in [1.165, 1.54) is 6.92 Å². The van der Waals surface area contributed by atoms with Crippen LogP contribution in [0, 0.1) is 0 Å². The molecule has 12 heavy (non-hydrogen) atoms. The van der Waals surface area contributed by atoms with Crippen LogP contribution < -0.4 is 0 Å². The van der Waals surface area contributed by atoms with Gasteiger partial charge in [0.05, 0.1) is 0 Å². The Morgan fingerprint density at radius 1 is 1.50 bits per heavy atom. The summed E-state index contributed by atoms with van der Waals surface area (Å²) in [6, 6.07) is 0. The molecule has 1 fully saturated rings. The number of Topliss-reactive ketones (excluding diaryl/α,β-unsaturated/α-hetero) is 1. The van der Waals surface area contributed by atoms with Crippen LogP contribution in [0.3, 0.4) is 0 Å². The number of ketones is 1. The largest absolute Gasteiger partial charge is 0.340 e. The van der Waals surface area contributed by atoms with Crippen molar-refractivity contribution in [2.45, 2.75) is 38.8 Å². The number of hydrogen-bond acceptors (Lipinski definition) is 3. The monoisotopic (exact) mass is 170 g/mol. The summed E-state index contributed by atoms with van der Waals surface area (Å²) in [5.74, 6) is -0.694. The predicted molar refractivity (Wildman–Crippen MR) is 44.7 cm³/mol. The van der Waals surface area contributed by atoms with Gasteiger partial charge in [-0.15, -0.1) is 6.58 Å². The number of carbonyl (C=O) groups is 1. The van der Waals surface area contributed by atoms with Gasteiger partial charge in [-0.25, -0.2) is 0 Å².